The van der Waals surface area contributed by atoms with Crippen LogP contribution in [0.1, 0.15) is 36.9 Å². The van der Waals surface area contributed by atoms with Gasteiger partial charge in [0.15, 0.2) is 0 Å². The Labute approximate surface area is 121 Å². The highest BCUT2D eigenvalue weighted by atomic mass is 16.5. The quantitative estimate of drug-likeness (QED) is 0.850. The molecule has 106 valence electrons. The summed E-state index contributed by atoms with van der Waals surface area (Å²) in [5.41, 5.74) is 2.58. The number of hydrogen-bond donors (Lipinski definition) is 1. The monoisotopic (exact) mass is 269 g/mol. The zero-order valence-corrected chi connectivity index (χ0v) is 12.5. The van der Waals surface area contributed by atoms with Gasteiger partial charge in [0, 0.05) is 0 Å². The van der Waals surface area contributed by atoms with E-state index in [1.54, 1.807) is 0 Å². The molecule has 0 heterocycles. The van der Waals surface area contributed by atoms with Crippen LogP contribution in [0.25, 0.3) is 0 Å². The van der Waals surface area contributed by atoms with Crippen molar-refractivity contribution in [2.75, 3.05) is 13.7 Å². The molecule has 0 aliphatic rings. The Morgan fingerprint density at radius 3 is 2.10 bits per heavy atom. The fraction of sp³-hybridized carbons (Fsp3) is 0.333. The Morgan fingerprint density at radius 2 is 1.55 bits per heavy atom. The minimum absolute atomic E-state index is 0.209. The number of likely N-dealkylation sites (N-methyl/N-ethyl adjacent to an activating group) is 1. The van der Waals surface area contributed by atoms with Crippen molar-refractivity contribution in [2.45, 2.75) is 25.8 Å². The lowest BCUT2D eigenvalue weighted by atomic mass is 10.0. The Morgan fingerprint density at radius 1 is 0.900 bits per heavy atom. The van der Waals surface area contributed by atoms with E-state index in [4.69, 9.17) is 4.74 Å². The highest BCUT2D eigenvalue weighted by molar-refractivity contribution is 5.29. The Hall–Kier alpha value is -1.80. The molecule has 0 spiro atoms. The van der Waals surface area contributed by atoms with Crippen LogP contribution in [0.3, 0.4) is 0 Å². The van der Waals surface area contributed by atoms with Gasteiger partial charge >= 0.3 is 0 Å². The SMILES string of the molecule is CNC(COc1ccc(C(C)C)cc1)c1ccccc1. The van der Waals surface area contributed by atoms with Crippen molar-refractivity contribution >= 4 is 0 Å². The Kier molecular flexibility index (Phi) is 5.19. The predicted molar refractivity (Wildman–Crippen MR) is 84.3 cm³/mol. The molecule has 1 unspecified atom stereocenters. The Bertz CT molecular complexity index is 505. The Balaban J connectivity index is 1.96. The summed E-state index contributed by atoms with van der Waals surface area (Å²) in [4.78, 5) is 0. The summed E-state index contributed by atoms with van der Waals surface area (Å²) >= 11 is 0. The molecule has 0 aliphatic heterocycles. The first kappa shape index (κ1) is 14.6. The molecule has 0 aliphatic carbocycles. The molecule has 0 fully saturated rings. The molecular formula is C18H23NO. The van der Waals surface area contributed by atoms with E-state index >= 15 is 0 Å². The molecule has 0 saturated heterocycles. The standard InChI is InChI=1S/C18H23NO/c1-14(2)15-9-11-17(12-10-15)20-13-18(19-3)16-7-5-4-6-8-16/h4-12,14,18-19H,13H2,1-3H3. The topological polar surface area (TPSA) is 21.3 Å². The summed E-state index contributed by atoms with van der Waals surface area (Å²) in [6, 6.07) is 18.9. The lowest BCUT2D eigenvalue weighted by Crippen LogP contribution is -2.23. The number of benzene rings is 2. The van der Waals surface area contributed by atoms with E-state index in [9.17, 15) is 0 Å². The van der Waals surface area contributed by atoms with E-state index in [1.165, 1.54) is 11.1 Å². The maximum absolute atomic E-state index is 5.89. The maximum atomic E-state index is 5.89. The fourth-order valence-corrected chi connectivity index (χ4v) is 2.16. The average molecular weight is 269 g/mol. The third-order valence-electron chi connectivity index (χ3n) is 3.51. The van der Waals surface area contributed by atoms with Gasteiger partial charge in [0.2, 0.25) is 0 Å². The fourth-order valence-electron chi connectivity index (χ4n) is 2.16. The zero-order chi connectivity index (χ0) is 14.4. The second kappa shape index (κ2) is 7.11. The number of ether oxygens (including phenoxy) is 1. The molecule has 2 aromatic carbocycles. The molecule has 0 bridgehead atoms. The van der Waals surface area contributed by atoms with Gasteiger partial charge in [0.05, 0.1) is 6.04 Å². The van der Waals surface area contributed by atoms with Crippen molar-refractivity contribution in [1.29, 1.82) is 0 Å². The van der Waals surface area contributed by atoms with Crippen molar-refractivity contribution in [3.8, 4) is 5.75 Å². The van der Waals surface area contributed by atoms with E-state index in [0.717, 1.165) is 5.75 Å². The van der Waals surface area contributed by atoms with Crippen LogP contribution in [0.15, 0.2) is 54.6 Å². The summed E-state index contributed by atoms with van der Waals surface area (Å²) in [5.74, 6) is 1.48. The van der Waals surface area contributed by atoms with Gasteiger partial charge in [-0.25, -0.2) is 0 Å². The van der Waals surface area contributed by atoms with E-state index < -0.39 is 0 Å². The number of hydrogen-bond acceptors (Lipinski definition) is 2. The van der Waals surface area contributed by atoms with E-state index in [0.29, 0.717) is 12.5 Å². The molecule has 2 rings (SSSR count). The molecule has 0 amide bonds. The molecule has 0 aromatic heterocycles. The van der Waals surface area contributed by atoms with Gasteiger partial charge in [0.25, 0.3) is 0 Å². The summed E-state index contributed by atoms with van der Waals surface area (Å²) in [7, 11) is 1.96. The van der Waals surface area contributed by atoms with Gasteiger partial charge in [-0.1, -0.05) is 56.3 Å². The molecule has 2 aromatic rings. The molecule has 0 radical (unpaired) electrons. The smallest absolute Gasteiger partial charge is 0.119 e. The summed E-state index contributed by atoms with van der Waals surface area (Å²) in [5, 5.41) is 3.29. The lowest BCUT2D eigenvalue weighted by Gasteiger charge is -2.17. The van der Waals surface area contributed by atoms with Crippen LogP contribution in [0.4, 0.5) is 0 Å². The van der Waals surface area contributed by atoms with Crippen LogP contribution >= 0.6 is 0 Å². The first-order valence-corrected chi connectivity index (χ1v) is 7.15. The molecule has 20 heavy (non-hydrogen) atoms. The predicted octanol–water partition coefficient (Wildman–Crippen LogP) is 4.15. The van der Waals surface area contributed by atoms with Gasteiger partial charge < -0.3 is 10.1 Å². The lowest BCUT2D eigenvalue weighted by molar-refractivity contribution is 0.273. The summed E-state index contributed by atoms with van der Waals surface area (Å²) < 4.78 is 5.89. The van der Waals surface area contributed by atoms with Gasteiger partial charge in [0.1, 0.15) is 12.4 Å². The third-order valence-corrected chi connectivity index (χ3v) is 3.51. The minimum atomic E-state index is 0.209. The second-order valence-electron chi connectivity index (χ2n) is 5.29. The largest absolute Gasteiger partial charge is 0.492 e. The highest BCUT2D eigenvalue weighted by Crippen LogP contribution is 2.20. The van der Waals surface area contributed by atoms with Crippen molar-refractivity contribution in [3.63, 3.8) is 0 Å². The average Bonchev–Trinajstić information content (AvgIpc) is 2.49. The van der Waals surface area contributed by atoms with Crippen molar-refractivity contribution < 1.29 is 4.74 Å². The van der Waals surface area contributed by atoms with E-state index in [2.05, 4.69) is 55.6 Å². The van der Waals surface area contributed by atoms with Crippen LogP contribution in [0, 0.1) is 0 Å². The summed E-state index contributed by atoms with van der Waals surface area (Å²) in [6.07, 6.45) is 0. The normalized spacial score (nSPS) is 12.4. The molecule has 1 atom stereocenters. The first-order valence-electron chi connectivity index (χ1n) is 7.15. The molecular weight excluding hydrogens is 246 g/mol. The van der Waals surface area contributed by atoms with Crippen LogP contribution in [0.5, 0.6) is 5.75 Å². The minimum Gasteiger partial charge on any atom is -0.492 e. The first-order chi connectivity index (χ1) is 9.70. The molecule has 2 nitrogen and oxygen atoms in total. The van der Waals surface area contributed by atoms with Gasteiger partial charge in [-0.15, -0.1) is 0 Å². The van der Waals surface area contributed by atoms with Crippen LogP contribution < -0.4 is 10.1 Å². The van der Waals surface area contributed by atoms with Crippen LogP contribution in [0.2, 0.25) is 0 Å². The molecule has 1 N–H and O–H groups in total. The number of nitrogens with one attached hydrogen (secondary N) is 1. The molecule has 2 heteroatoms. The van der Waals surface area contributed by atoms with Crippen molar-refractivity contribution in [2.24, 2.45) is 0 Å². The highest BCUT2D eigenvalue weighted by Gasteiger charge is 2.09. The summed E-state index contributed by atoms with van der Waals surface area (Å²) in [6.45, 7) is 5.02. The van der Waals surface area contributed by atoms with Gasteiger partial charge in [-0.2, -0.15) is 0 Å². The zero-order valence-electron chi connectivity index (χ0n) is 12.5. The molecule has 0 saturated carbocycles. The second-order valence-corrected chi connectivity index (χ2v) is 5.29. The van der Waals surface area contributed by atoms with Gasteiger partial charge in [-0.05, 0) is 36.2 Å². The van der Waals surface area contributed by atoms with Crippen LogP contribution in [-0.2, 0) is 0 Å². The van der Waals surface area contributed by atoms with E-state index in [1.807, 2.05) is 25.2 Å². The van der Waals surface area contributed by atoms with Crippen LogP contribution in [-0.4, -0.2) is 13.7 Å². The number of rotatable bonds is 6. The van der Waals surface area contributed by atoms with Crippen molar-refractivity contribution in [3.05, 3.63) is 65.7 Å². The maximum Gasteiger partial charge on any atom is 0.119 e. The third kappa shape index (κ3) is 3.84. The van der Waals surface area contributed by atoms with Crippen molar-refractivity contribution in [1.82, 2.24) is 5.32 Å². The van der Waals surface area contributed by atoms with Gasteiger partial charge in [-0.3, -0.25) is 0 Å². The van der Waals surface area contributed by atoms with E-state index in [-0.39, 0.29) is 6.04 Å².